The van der Waals surface area contributed by atoms with E-state index in [2.05, 4.69) is 28.9 Å². The van der Waals surface area contributed by atoms with Gasteiger partial charge in [0.1, 0.15) is 23.3 Å². The molecule has 1 heterocycles. The van der Waals surface area contributed by atoms with E-state index in [4.69, 9.17) is 26.4 Å². The molecular formula is C23H24BrNO4S2. The molecule has 1 fully saturated rings. The fraction of sp³-hybridized carbons (Fsp3) is 0.304. The van der Waals surface area contributed by atoms with Gasteiger partial charge in [0.25, 0.3) is 5.91 Å². The number of carbonyl (C=O) groups excluding carboxylic acids is 1. The Bertz CT molecular complexity index is 1040. The van der Waals surface area contributed by atoms with Crippen LogP contribution in [0.1, 0.15) is 23.6 Å². The van der Waals surface area contributed by atoms with Crippen LogP contribution in [0.25, 0.3) is 6.08 Å². The van der Waals surface area contributed by atoms with E-state index in [0.29, 0.717) is 40.5 Å². The van der Waals surface area contributed by atoms with Gasteiger partial charge >= 0.3 is 0 Å². The van der Waals surface area contributed by atoms with E-state index in [1.807, 2.05) is 44.2 Å². The molecule has 2 aromatic carbocycles. The van der Waals surface area contributed by atoms with E-state index in [1.54, 1.807) is 12.0 Å². The van der Waals surface area contributed by atoms with Gasteiger partial charge < -0.3 is 14.2 Å². The van der Waals surface area contributed by atoms with E-state index >= 15 is 0 Å². The van der Waals surface area contributed by atoms with Crippen LogP contribution in [0.2, 0.25) is 0 Å². The third kappa shape index (κ3) is 5.61. The molecule has 2 aromatic rings. The Morgan fingerprint density at radius 2 is 1.87 bits per heavy atom. The number of hydrogen-bond donors (Lipinski definition) is 0. The Labute approximate surface area is 200 Å². The van der Waals surface area contributed by atoms with Crippen molar-refractivity contribution in [2.45, 2.75) is 20.8 Å². The van der Waals surface area contributed by atoms with Crippen molar-refractivity contribution in [1.29, 1.82) is 0 Å². The summed E-state index contributed by atoms with van der Waals surface area (Å²) >= 11 is 10.1. The number of thiocarbonyl (C=S) groups is 1. The van der Waals surface area contributed by atoms with Gasteiger partial charge in [-0.1, -0.05) is 41.7 Å². The van der Waals surface area contributed by atoms with Crippen LogP contribution in [0.5, 0.6) is 17.2 Å². The predicted octanol–water partition coefficient (Wildman–Crippen LogP) is 5.75. The predicted molar refractivity (Wildman–Crippen MR) is 133 cm³/mol. The minimum Gasteiger partial charge on any atom is -0.493 e. The average molecular weight is 522 g/mol. The van der Waals surface area contributed by atoms with Gasteiger partial charge in [-0.2, -0.15) is 0 Å². The number of halogens is 1. The van der Waals surface area contributed by atoms with Crippen molar-refractivity contribution >= 4 is 56.2 Å². The molecule has 0 bridgehead atoms. The van der Waals surface area contributed by atoms with E-state index in [1.165, 1.54) is 17.3 Å². The van der Waals surface area contributed by atoms with E-state index in [-0.39, 0.29) is 5.91 Å². The van der Waals surface area contributed by atoms with Crippen LogP contribution in [0.3, 0.4) is 0 Å². The third-order valence-electron chi connectivity index (χ3n) is 4.66. The molecule has 0 atom stereocenters. The number of amides is 1. The van der Waals surface area contributed by atoms with Crippen LogP contribution in [-0.4, -0.2) is 42.0 Å². The Morgan fingerprint density at radius 3 is 2.52 bits per heavy atom. The number of hydrogen-bond acceptors (Lipinski definition) is 6. The van der Waals surface area contributed by atoms with Crippen LogP contribution in [0, 0.1) is 13.8 Å². The highest BCUT2D eigenvalue weighted by atomic mass is 79.9. The number of nitrogens with zero attached hydrogens (tertiary/aromatic N) is 1. The summed E-state index contributed by atoms with van der Waals surface area (Å²) in [6.45, 7) is 7.31. The Hall–Kier alpha value is -2.03. The maximum Gasteiger partial charge on any atom is 0.266 e. The smallest absolute Gasteiger partial charge is 0.266 e. The lowest BCUT2D eigenvalue weighted by atomic mass is 10.1. The number of rotatable bonds is 8. The zero-order chi connectivity index (χ0) is 22.5. The van der Waals surface area contributed by atoms with Crippen LogP contribution < -0.4 is 14.2 Å². The van der Waals surface area contributed by atoms with Gasteiger partial charge in [0, 0.05) is 6.54 Å². The summed E-state index contributed by atoms with van der Waals surface area (Å²) in [7, 11) is 1.58. The largest absolute Gasteiger partial charge is 0.493 e. The molecular weight excluding hydrogens is 498 g/mol. The van der Waals surface area contributed by atoms with E-state index in [9.17, 15) is 4.79 Å². The van der Waals surface area contributed by atoms with Crippen LogP contribution in [-0.2, 0) is 4.79 Å². The summed E-state index contributed by atoms with van der Waals surface area (Å²) in [4.78, 5) is 14.6. The van der Waals surface area contributed by atoms with Crippen molar-refractivity contribution in [1.82, 2.24) is 4.90 Å². The molecule has 8 heteroatoms. The lowest BCUT2D eigenvalue weighted by molar-refractivity contribution is -0.121. The molecule has 1 saturated heterocycles. The highest BCUT2D eigenvalue weighted by Crippen LogP contribution is 2.39. The molecule has 3 rings (SSSR count). The van der Waals surface area contributed by atoms with Gasteiger partial charge in [0.15, 0.2) is 11.5 Å². The molecule has 0 saturated carbocycles. The van der Waals surface area contributed by atoms with Crippen molar-refractivity contribution in [3.8, 4) is 17.2 Å². The van der Waals surface area contributed by atoms with Crippen molar-refractivity contribution in [3.63, 3.8) is 0 Å². The molecule has 31 heavy (non-hydrogen) atoms. The highest BCUT2D eigenvalue weighted by Gasteiger charge is 2.30. The lowest BCUT2D eigenvalue weighted by Crippen LogP contribution is -2.27. The maximum absolute atomic E-state index is 12.5. The Balaban J connectivity index is 1.69. The molecule has 0 spiro atoms. The summed E-state index contributed by atoms with van der Waals surface area (Å²) in [5.74, 6) is 1.93. The average Bonchev–Trinajstić information content (AvgIpc) is 2.99. The molecule has 1 aliphatic heterocycles. The molecule has 5 nitrogen and oxygen atoms in total. The zero-order valence-electron chi connectivity index (χ0n) is 17.9. The first-order chi connectivity index (χ1) is 14.8. The fourth-order valence-corrected chi connectivity index (χ4v) is 5.10. The first kappa shape index (κ1) is 23.6. The van der Waals surface area contributed by atoms with E-state index < -0.39 is 0 Å². The maximum atomic E-state index is 12.5. The second kappa shape index (κ2) is 10.5. The van der Waals surface area contributed by atoms with Gasteiger partial charge in [-0.05, 0) is 72.1 Å². The number of ether oxygens (including phenoxy) is 3. The summed E-state index contributed by atoms with van der Waals surface area (Å²) in [6.07, 6.45) is 1.81. The Morgan fingerprint density at radius 1 is 1.13 bits per heavy atom. The number of aryl methyl sites for hydroxylation is 2. The highest BCUT2D eigenvalue weighted by molar-refractivity contribution is 9.10. The second-order valence-corrected chi connectivity index (χ2v) is 9.46. The zero-order valence-corrected chi connectivity index (χ0v) is 21.1. The molecule has 0 aliphatic carbocycles. The normalized spacial score (nSPS) is 15.0. The molecule has 1 aliphatic rings. The van der Waals surface area contributed by atoms with Gasteiger partial charge in [0.2, 0.25) is 0 Å². The molecule has 164 valence electrons. The molecule has 0 unspecified atom stereocenters. The summed E-state index contributed by atoms with van der Waals surface area (Å²) in [6, 6.07) is 9.81. The SMILES string of the molecule is CCN1C(=O)C(=Cc2cc(Br)c(OCCOc3ccc(C)cc3C)c(OC)c2)SC1=S. The summed E-state index contributed by atoms with van der Waals surface area (Å²) in [5.41, 5.74) is 3.11. The fourth-order valence-electron chi connectivity index (χ4n) is 3.14. The number of methoxy groups -OCH3 is 1. The van der Waals surface area contributed by atoms with Crippen molar-refractivity contribution in [2.75, 3.05) is 26.9 Å². The van der Waals surface area contributed by atoms with Crippen LogP contribution in [0.4, 0.5) is 0 Å². The van der Waals surface area contributed by atoms with E-state index in [0.717, 1.165) is 21.3 Å². The van der Waals surface area contributed by atoms with Crippen molar-refractivity contribution in [2.24, 2.45) is 0 Å². The number of carbonyl (C=O) groups is 1. The minimum absolute atomic E-state index is 0.0727. The summed E-state index contributed by atoms with van der Waals surface area (Å²) < 4.78 is 18.6. The minimum atomic E-state index is -0.0727. The quantitative estimate of drug-likeness (QED) is 0.250. The van der Waals surface area contributed by atoms with Crippen molar-refractivity contribution < 1.29 is 19.0 Å². The summed E-state index contributed by atoms with van der Waals surface area (Å²) in [5, 5.41) is 0. The van der Waals surface area contributed by atoms with Gasteiger partial charge in [-0.3, -0.25) is 9.69 Å². The van der Waals surface area contributed by atoms with Gasteiger partial charge in [0.05, 0.1) is 16.5 Å². The Kier molecular flexibility index (Phi) is 8.02. The third-order valence-corrected chi connectivity index (χ3v) is 6.62. The number of thioether (sulfide) groups is 1. The van der Waals surface area contributed by atoms with Crippen LogP contribution in [0.15, 0.2) is 39.7 Å². The molecule has 0 aromatic heterocycles. The van der Waals surface area contributed by atoms with Crippen molar-refractivity contribution in [3.05, 3.63) is 56.4 Å². The molecule has 0 radical (unpaired) electrons. The van der Waals surface area contributed by atoms with Crippen LogP contribution >= 0.6 is 39.9 Å². The number of likely N-dealkylation sites (N-methyl/N-ethyl adjacent to an activating group) is 1. The number of benzene rings is 2. The molecule has 0 N–H and O–H groups in total. The standard InChI is InChI=1S/C23H24BrNO4S2/c1-5-25-22(26)20(31-23(25)30)13-16-11-17(24)21(19(12-16)27-4)29-9-8-28-18-7-6-14(2)10-15(18)3/h6-7,10-13H,5,8-9H2,1-4H3. The topological polar surface area (TPSA) is 48.0 Å². The lowest BCUT2D eigenvalue weighted by Gasteiger charge is -2.15. The van der Waals surface area contributed by atoms with Gasteiger partial charge in [-0.15, -0.1) is 0 Å². The first-order valence-corrected chi connectivity index (χ1v) is 11.8. The monoisotopic (exact) mass is 521 g/mol. The molecule has 1 amide bonds. The van der Waals surface area contributed by atoms with Gasteiger partial charge in [-0.25, -0.2) is 0 Å². The first-order valence-electron chi connectivity index (χ1n) is 9.79. The second-order valence-electron chi connectivity index (χ2n) is 6.93.